The van der Waals surface area contributed by atoms with Crippen LogP contribution in [0.1, 0.15) is 57.4 Å². The van der Waals surface area contributed by atoms with Gasteiger partial charge >= 0.3 is 0 Å². The maximum absolute atomic E-state index is 15.0. The number of hydrogen-bond acceptors (Lipinski definition) is 5. The van der Waals surface area contributed by atoms with Gasteiger partial charge in [0.15, 0.2) is 5.84 Å². The lowest BCUT2D eigenvalue weighted by molar-refractivity contribution is 0.0282. The van der Waals surface area contributed by atoms with Crippen LogP contribution in [-0.2, 0) is 4.74 Å². The molecule has 1 aromatic heterocycles. The Labute approximate surface area is 188 Å². The fraction of sp³-hybridized carbons (Fsp3) is 0.652. The summed E-state index contributed by atoms with van der Waals surface area (Å²) in [5.41, 5.74) is 7.76. The normalized spacial score (nSPS) is 32.3. The van der Waals surface area contributed by atoms with Gasteiger partial charge in [0, 0.05) is 55.7 Å². The third-order valence-corrected chi connectivity index (χ3v) is 7.01. The Morgan fingerprint density at radius 1 is 1.32 bits per heavy atom. The zero-order valence-corrected chi connectivity index (χ0v) is 18.9. The second kappa shape index (κ2) is 9.43. The lowest BCUT2D eigenvalue weighted by Crippen LogP contribution is -2.42. The highest BCUT2D eigenvalue weighted by Crippen LogP contribution is 2.34. The zero-order chi connectivity index (χ0) is 21.9. The monoisotopic (exact) mass is 449 g/mol. The molecule has 4 N–H and O–H groups in total. The average molecular weight is 450 g/mol. The quantitative estimate of drug-likeness (QED) is 0.586. The number of pyridine rings is 1. The van der Waals surface area contributed by atoms with Crippen molar-refractivity contribution in [2.24, 2.45) is 16.1 Å². The van der Waals surface area contributed by atoms with Crippen molar-refractivity contribution in [3.63, 3.8) is 0 Å². The number of nitrogens with two attached hydrogens (primary N) is 1. The number of alkyl halides is 2. The molecule has 1 atom stereocenters. The number of amidine groups is 1. The molecule has 0 radical (unpaired) electrons. The van der Waals surface area contributed by atoms with E-state index in [0.29, 0.717) is 18.6 Å². The van der Waals surface area contributed by atoms with Crippen molar-refractivity contribution in [1.29, 1.82) is 0 Å². The molecule has 31 heavy (non-hydrogen) atoms. The van der Waals surface area contributed by atoms with E-state index in [1.807, 2.05) is 12.1 Å². The smallest absolute Gasteiger partial charge is 0.243 e. The maximum atomic E-state index is 15.0. The van der Waals surface area contributed by atoms with Crippen LogP contribution in [-0.4, -0.2) is 47.8 Å². The molecule has 1 aliphatic carbocycles. The van der Waals surface area contributed by atoms with Gasteiger partial charge in [-0.2, -0.15) is 0 Å². The minimum absolute atomic E-state index is 0.0114. The summed E-state index contributed by atoms with van der Waals surface area (Å²) in [6, 6.07) is 4.60. The summed E-state index contributed by atoms with van der Waals surface area (Å²) in [4.78, 5) is 9.05. The number of allylic oxidation sites excluding steroid dienone is 1. The van der Waals surface area contributed by atoms with Gasteiger partial charge in [-0.25, -0.2) is 9.37 Å². The minimum atomic E-state index is -2.01. The number of anilines is 1. The van der Waals surface area contributed by atoms with E-state index >= 15 is 0 Å². The molecular formula is C23H33ClFN5O. The minimum Gasteiger partial charge on any atom is -0.381 e. The molecule has 2 fully saturated rings. The Hall–Kier alpha value is -1.70. The van der Waals surface area contributed by atoms with Crippen LogP contribution in [0.4, 0.5) is 10.2 Å². The van der Waals surface area contributed by atoms with E-state index in [9.17, 15) is 4.39 Å². The van der Waals surface area contributed by atoms with Gasteiger partial charge in [-0.3, -0.25) is 4.99 Å². The number of halogens is 2. The maximum Gasteiger partial charge on any atom is 0.243 e. The third-order valence-electron chi connectivity index (χ3n) is 6.68. The van der Waals surface area contributed by atoms with Crippen molar-refractivity contribution >= 4 is 29.0 Å². The van der Waals surface area contributed by atoms with E-state index in [1.54, 1.807) is 12.3 Å². The first-order chi connectivity index (χ1) is 14.8. The van der Waals surface area contributed by atoms with Gasteiger partial charge in [-0.05, 0) is 56.1 Å². The first-order valence-electron chi connectivity index (χ1n) is 11.3. The molecule has 0 amide bonds. The summed E-state index contributed by atoms with van der Waals surface area (Å²) in [6.07, 6.45) is 9.62. The van der Waals surface area contributed by atoms with Crippen molar-refractivity contribution in [3.05, 3.63) is 30.0 Å². The van der Waals surface area contributed by atoms with Crippen molar-refractivity contribution in [2.45, 2.75) is 69.1 Å². The summed E-state index contributed by atoms with van der Waals surface area (Å²) >= 11 is 6.16. The number of aromatic nitrogens is 1. The molecule has 0 bridgehead atoms. The Kier molecular flexibility index (Phi) is 6.84. The summed E-state index contributed by atoms with van der Waals surface area (Å²) < 4.78 is 20.4. The molecule has 3 aliphatic rings. The van der Waals surface area contributed by atoms with E-state index in [4.69, 9.17) is 22.1 Å². The highest BCUT2D eigenvalue weighted by molar-refractivity contribution is 6.35. The Morgan fingerprint density at radius 3 is 2.81 bits per heavy atom. The van der Waals surface area contributed by atoms with Crippen LogP contribution in [0, 0.1) is 5.41 Å². The van der Waals surface area contributed by atoms with E-state index in [2.05, 4.69) is 27.5 Å². The van der Waals surface area contributed by atoms with Gasteiger partial charge in [-0.15, -0.1) is 0 Å². The molecule has 170 valence electrons. The van der Waals surface area contributed by atoms with Gasteiger partial charge in [0.25, 0.3) is 0 Å². The van der Waals surface area contributed by atoms with E-state index in [-0.39, 0.29) is 17.7 Å². The van der Waals surface area contributed by atoms with Gasteiger partial charge in [0.05, 0.1) is 0 Å². The lowest BCUT2D eigenvalue weighted by atomic mass is 9.82. The first-order valence-corrected chi connectivity index (χ1v) is 11.7. The van der Waals surface area contributed by atoms with Crippen molar-refractivity contribution in [1.82, 2.24) is 10.3 Å². The number of nitrogens with one attached hydrogen (secondary N) is 2. The highest BCUT2D eigenvalue weighted by atomic mass is 35.5. The second-order valence-corrected chi connectivity index (χ2v) is 10.0. The van der Waals surface area contributed by atoms with Crippen LogP contribution < -0.4 is 16.4 Å². The molecule has 4 rings (SSSR count). The van der Waals surface area contributed by atoms with E-state index in [0.717, 1.165) is 68.8 Å². The van der Waals surface area contributed by atoms with Crippen LogP contribution in [0.15, 0.2) is 29.4 Å². The van der Waals surface area contributed by atoms with Crippen molar-refractivity contribution < 1.29 is 9.13 Å². The molecular weight excluding hydrogens is 417 g/mol. The van der Waals surface area contributed by atoms with Crippen LogP contribution in [0.2, 0.25) is 0 Å². The Bertz CT molecular complexity index is 829. The molecule has 1 saturated carbocycles. The number of rotatable bonds is 5. The molecule has 1 unspecified atom stereocenters. The Morgan fingerprint density at radius 2 is 2.06 bits per heavy atom. The molecule has 3 heterocycles. The zero-order valence-electron chi connectivity index (χ0n) is 18.2. The predicted molar refractivity (Wildman–Crippen MR) is 124 cm³/mol. The predicted octanol–water partition coefficient (Wildman–Crippen LogP) is 4.22. The molecule has 1 aromatic rings. The number of ether oxygens (including phenoxy) is 1. The third kappa shape index (κ3) is 5.76. The van der Waals surface area contributed by atoms with Gasteiger partial charge in [-0.1, -0.05) is 24.6 Å². The fourth-order valence-electron chi connectivity index (χ4n) is 4.38. The van der Waals surface area contributed by atoms with Gasteiger partial charge < -0.3 is 21.1 Å². The second-order valence-electron chi connectivity index (χ2n) is 9.43. The molecule has 1 saturated heterocycles. The molecule has 0 aromatic carbocycles. The van der Waals surface area contributed by atoms with Crippen LogP contribution >= 0.6 is 11.6 Å². The summed E-state index contributed by atoms with van der Waals surface area (Å²) in [5, 5.41) is 4.66. The number of aliphatic imine (C=N–C) groups is 1. The first kappa shape index (κ1) is 22.5. The number of nitrogens with zero attached hydrogens (tertiary/aromatic N) is 2. The van der Waals surface area contributed by atoms with Crippen molar-refractivity contribution in [2.75, 3.05) is 25.1 Å². The highest BCUT2D eigenvalue weighted by Gasteiger charge is 2.37. The summed E-state index contributed by atoms with van der Waals surface area (Å²) in [6.45, 7) is 4.15. The topological polar surface area (TPSA) is 84.6 Å². The summed E-state index contributed by atoms with van der Waals surface area (Å²) in [7, 11) is 0. The average Bonchev–Trinajstić information content (AvgIpc) is 2.75. The van der Waals surface area contributed by atoms with E-state index in [1.165, 1.54) is 0 Å². The largest absolute Gasteiger partial charge is 0.381 e. The van der Waals surface area contributed by atoms with Crippen LogP contribution in [0.3, 0.4) is 0 Å². The van der Waals surface area contributed by atoms with Crippen LogP contribution in [0.5, 0.6) is 0 Å². The van der Waals surface area contributed by atoms with Gasteiger partial charge in [0.2, 0.25) is 5.13 Å². The number of hydrogen-bond donors (Lipinski definition) is 3. The molecule has 8 heteroatoms. The standard InChI is InChI=1S/C23H33ClFN5O/c1-22(9-12-31-13-10-22)15-28-21-23(24,25)8-6-19(30-21)16-7-11-27-20(14-16)29-18-4-2-17(26)3-5-18/h6-7,11,14,17-18H,2-5,8-10,12-13,15,26H2,1H3,(H,27,29)(H,28,30). The lowest BCUT2D eigenvalue weighted by Gasteiger charge is -2.33. The fourth-order valence-corrected chi connectivity index (χ4v) is 4.57. The Balaban J connectivity index is 1.45. The van der Waals surface area contributed by atoms with Crippen LogP contribution in [0.25, 0.3) is 5.70 Å². The van der Waals surface area contributed by atoms with Gasteiger partial charge in [0.1, 0.15) is 5.82 Å². The van der Waals surface area contributed by atoms with E-state index < -0.39 is 5.13 Å². The van der Waals surface area contributed by atoms with Crippen molar-refractivity contribution in [3.8, 4) is 0 Å². The molecule has 0 spiro atoms. The SMILES string of the molecule is CC1(CN=C2NC(c3ccnc(NC4CCC(N)CC4)c3)=CCC2(F)Cl)CCOCC1. The summed E-state index contributed by atoms with van der Waals surface area (Å²) in [5.74, 6) is 1.00. The molecule has 6 nitrogen and oxygen atoms in total. The molecule has 2 aliphatic heterocycles.